The van der Waals surface area contributed by atoms with Gasteiger partial charge in [0, 0.05) is 17.4 Å². The number of halogens is 1. The highest BCUT2D eigenvalue weighted by Gasteiger charge is 2.30. The van der Waals surface area contributed by atoms with E-state index in [1.165, 1.54) is 23.5 Å². The zero-order chi connectivity index (χ0) is 20.2. The van der Waals surface area contributed by atoms with Crippen molar-refractivity contribution in [3.8, 4) is 0 Å². The van der Waals surface area contributed by atoms with Crippen molar-refractivity contribution in [2.75, 3.05) is 0 Å². The molecule has 0 saturated heterocycles. The fourth-order valence-electron chi connectivity index (χ4n) is 3.73. The molecule has 1 unspecified atom stereocenters. The van der Waals surface area contributed by atoms with Gasteiger partial charge in [-0.25, -0.2) is 14.4 Å². The van der Waals surface area contributed by atoms with E-state index < -0.39 is 0 Å². The maximum absolute atomic E-state index is 13.1. The standard InChI is InChI=1S/C22H20FN3O2S/c1-3-22(2)9-17-14(11-28-22)8-16-18-19(29-20(16)25-17)21(27)26(12-24-18)10-13-4-6-15(23)7-5-13/h4-8,12H,3,9-11H2,1-2H3. The van der Waals surface area contributed by atoms with Crippen molar-refractivity contribution >= 4 is 31.8 Å². The Labute approximate surface area is 170 Å². The smallest absolute Gasteiger partial charge is 0.271 e. The van der Waals surface area contributed by atoms with Crippen LogP contribution in [0, 0.1) is 5.82 Å². The first-order valence-electron chi connectivity index (χ1n) is 9.64. The highest BCUT2D eigenvalue weighted by atomic mass is 32.1. The van der Waals surface area contributed by atoms with E-state index in [4.69, 9.17) is 9.72 Å². The molecule has 29 heavy (non-hydrogen) atoms. The first kappa shape index (κ1) is 18.4. The van der Waals surface area contributed by atoms with Gasteiger partial charge in [-0.1, -0.05) is 19.1 Å². The molecule has 5 rings (SSSR count). The largest absolute Gasteiger partial charge is 0.370 e. The van der Waals surface area contributed by atoms with Crippen molar-refractivity contribution in [2.24, 2.45) is 0 Å². The highest BCUT2D eigenvalue weighted by molar-refractivity contribution is 7.25. The van der Waals surface area contributed by atoms with Gasteiger partial charge in [-0.3, -0.25) is 9.36 Å². The van der Waals surface area contributed by atoms with Crippen LogP contribution in [0.2, 0.25) is 0 Å². The first-order valence-corrected chi connectivity index (χ1v) is 10.5. The summed E-state index contributed by atoms with van der Waals surface area (Å²) >= 11 is 1.39. The predicted molar refractivity (Wildman–Crippen MR) is 112 cm³/mol. The van der Waals surface area contributed by atoms with Gasteiger partial charge in [0.15, 0.2) is 0 Å². The van der Waals surface area contributed by atoms with Crippen LogP contribution in [0.4, 0.5) is 4.39 Å². The Bertz CT molecular complexity index is 1300. The monoisotopic (exact) mass is 409 g/mol. The summed E-state index contributed by atoms with van der Waals surface area (Å²) < 4.78 is 21.3. The third-order valence-corrected chi connectivity index (χ3v) is 6.81. The summed E-state index contributed by atoms with van der Waals surface area (Å²) in [5, 5.41) is 0.901. The molecule has 3 aromatic heterocycles. The van der Waals surface area contributed by atoms with Gasteiger partial charge in [0.1, 0.15) is 15.3 Å². The molecule has 0 radical (unpaired) electrons. The molecule has 0 saturated carbocycles. The number of ether oxygens (including phenoxy) is 1. The van der Waals surface area contributed by atoms with Crippen LogP contribution >= 0.6 is 11.3 Å². The van der Waals surface area contributed by atoms with Crippen LogP contribution in [0.3, 0.4) is 0 Å². The molecule has 4 aromatic rings. The van der Waals surface area contributed by atoms with E-state index >= 15 is 0 Å². The summed E-state index contributed by atoms with van der Waals surface area (Å²) in [6, 6.07) is 8.22. The topological polar surface area (TPSA) is 57.0 Å². The Balaban J connectivity index is 1.59. The van der Waals surface area contributed by atoms with Crippen molar-refractivity contribution in [3.05, 3.63) is 69.7 Å². The number of aromatic nitrogens is 3. The molecule has 1 atom stereocenters. The van der Waals surface area contributed by atoms with Gasteiger partial charge in [0.05, 0.1) is 36.3 Å². The van der Waals surface area contributed by atoms with Gasteiger partial charge in [-0.2, -0.15) is 0 Å². The molecule has 148 valence electrons. The maximum atomic E-state index is 13.1. The van der Waals surface area contributed by atoms with Crippen LogP contribution in [0.1, 0.15) is 37.1 Å². The van der Waals surface area contributed by atoms with E-state index in [1.54, 1.807) is 23.0 Å². The second-order valence-corrected chi connectivity index (χ2v) is 8.80. The summed E-state index contributed by atoms with van der Waals surface area (Å²) in [6.45, 7) is 5.11. The van der Waals surface area contributed by atoms with Gasteiger partial charge in [0.2, 0.25) is 0 Å². The second kappa shape index (κ2) is 6.71. The maximum Gasteiger partial charge on any atom is 0.271 e. The average Bonchev–Trinajstić information content (AvgIpc) is 3.08. The summed E-state index contributed by atoms with van der Waals surface area (Å²) in [5.41, 5.74) is 3.36. The summed E-state index contributed by atoms with van der Waals surface area (Å²) in [7, 11) is 0. The fraction of sp³-hybridized carbons (Fsp3) is 0.318. The number of hydrogen-bond donors (Lipinski definition) is 0. The zero-order valence-corrected chi connectivity index (χ0v) is 17.1. The van der Waals surface area contributed by atoms with E-state index in [0.29, 0.717) is 23.4 Å². The number of fused-ring (bicyclic) bond motifs is 4. The molecule has 0 bridgehead atoms. The Morgan fingerprint density at radius 1 is 1.31 bits per heavy atom. The van der Waals surface area contributed by atoms with Gasteiger partial charge < -0.3 is 4.74 Å². The van der Waals surface area contributed by atoms with Crippen molar-refractivity contribution in [1.82, 2.24) is 14.5 Å². The van der Waals surface area contributed by atoms with Crippen molar-refractivity contribution in [3.63, 3.8) is 0 Å². The van der Waals surface area contributed by atoms with E-state index in [2.05, 4.69) is 24.9 Å². The quantitative estimate of drug-likeness (QED) is 0.502. The highest BCUT2D eigenvalue weighted by Crippen LogP contribution is 2.35. The van der Waals surface area contributed by atoms with Crippen LogP contribution in [0.15, 0.2) is 41.5 Å². The van der Waals surface area contributed by atoms with Crippen LogP contribution in [-0.4, -0.2) is 20.1 Å². The SMILES string of the molecule is CCC1(C)Cc2nc3sc4c(=O)n(Cc5ccc(F)cc5)cnc4c3cc2CO1. The molecule has 0 amide bonds. The van der Waals surface area contributed by atoms with Gasteiger partial charge in [0.25, 0.3) is 5.56 Å². The third-order valence-electron chi connectivity index (χ3n) is 5.74. The lowest BCUT2D eigenvalue weighted by Crippen LogP contribution is -2.35. The molecule has 5 nitrogen and oxygen atoms in total. The average molecular weight is 409 g/mol. The molecule has 7 heteroatoms. The molecular formula is C22H20FN3O2S. The molecule has 1 aliphatic heterocycles. The number of hydrogen-bond acceptors (Lipinski definition) is 5. The molecule has 0 fully saturated rings. The molecule has 0 aliphatic carbocycles. The lowest BCUT2D eigenvalue weighted by Gasteiger charge is -2.33. The van der Waals surface area contributed by atoms with Gasteiger partial charge in [-0.15, -0.1) is 11.3 Å². The first-order chi connectivity index (χ1) is 14.0. The van der Waals surface area contributed by atoms with Crippen LogP contribution < -0.4 is 5.56 Å². The molecular weight excluding hydrogens is 389 g/mol. The van der Waals surface area contributed by atoms with Crippen molar-refractivity contribution in [1.29, 1.82) is 0 Å². The number of thiophene rings is 1. The zero-order valence-electron chi connectivity index (χ0n) is 16.2. The third kappa shape index (κ3) is 3.14. The predicted octanol–water partition coefficient (Wildman–Crippen LogP) is 4.44. The van der Waals surface area contributed by atoms with Crippen LogP contribution in [-0.2, 0) is 24.3 Å². The lowest BCUT2D eigenvalue weighted by atomic mass is 9.91. The summed E-state index contributed by atoms with van der Waals surface area (Å²) in [5.74, 6) is -0.294. The summed E-state index contributed by atoms with van der Waals surface area (Å²) in [6.07, 6.45) is 3.25. The van der Waals surface area contributed by atoms with E-state index in [1.807, 2.05) is 0 Å². The Kier molecular flexibility index (Phi) is 4.26. The minimum absolute atomic E-state index is 0.102. The minimum Gasteiger partial charge on any atom is -0.370 e. The molecule has 1 aromatic carbocycles. The Hall–Kier alpha value is -2.64. The Morgan fingerprint density at radius 3 is 2.86 bits per heavy atom. The number of rotatable bonds is 3. The summed E-state index contributed by atoms with van der Waals surface area (Å²) in [4.78, 5) is 23.3. The second-order valence-electron chi connectivity index (χ2n) is 7.80. The van der Waals surface area contributed by atoms with E-state index in [9.17, 15) is 9.18 Å². The fourth-order valence-corrected chi connectivity index (χ4v) is 4.81. The van der Waals surface area contributed by atoms with E-state index in [0.717, 1.165) is 39.9 Å². The molecule has 0 N–H and O–H groups in total. The number of benzene rings is 1. The molecule has 1 aliphatic rings. The molecule has 4 heterocycles. The number of nitrogens with zero attached hydrogens (tertiary/aromatic N) is 3. The lowest BCUT2D eigenvalue weighted by molar-refractivity contribution is -0.0573. The van der Waals surface area contributed by atoms with E-state index in [-0.39, 0.29) is 17.0 Å². The van der Waals surface area contributed by atoms with Crippen LogP contribution in [0.25, 0.3) is 20.4 Å². The minimum atomic E-state index is -0.294. The van der Waals surface area contributed by atoms with Crippen LogP contribution in [0.5, 0.6) is 0 Å². The molecule has 0 spiro atoms. The van der Waals surface area contributed by atoms with Crippen molar-refractivity contribution in [2.45, 2.75) is 45.4 Å². The normalized spacial score (nSPS) is 19.0. The van der Waals surface area contributed by atoms with Gasteiger partial charge >= 0.3 is 0 Å². The Morgan fingerprint density at radius 2 is 2.10 bits per heavy atom. The number of pyridine rings is 1. The van der Waals surface area contributed by atoms with Gasteiger partial charge in [-0.05, 0) is 37.1 Å². The van der Waals surface area contributed by atoms with Crippen molar-refractivity contribution < 1.29 is 9.13 Å².